The SMILES string of the molecule is CNc1nc(N2CCNC(=O)C2)c2cc(C)sc2n1. The first-order valence-corrected chi connectivity index (χ1v) is 6.96. The van der Waals surface area contributed by atoms with Gasteiger partial charge in [0, 0.05) is 25.0 Å². The molecule has 0 aromatic carbocycles. The molecule has 0 spiro atoms. The maximum atomic E-state index is 11.5. The third-order valence-electron chi connectivity index (χ3n) is 3.06. The van der Waals surface area contributed by atoms with E-state index in [1.165, 1.54) is 4.88 Å². The highest BCUT2D eigenvalue weighted by Gasteiger charge is 2.21. The van der Waals surface area contributed by atoms with Gasteiger partial charge in [-0.1, -0.05) is 0 Å². The molecule has 2 aromatic heterocycles. The van der Waals surface area contributed by atoms with Crippen LogP contribution >= 0.6 is 11.3 Å². The molecule has 19 heavy (non-hydrogen) atoms. The summed E-state index contributed by atoms with van der Waals surface area (Å²) >= 11 is 1.64. The Labute approximate surface area is 114 Å². The van der Waals surface area contributed by atoms with Gasteiger partial charge in [-0.3, -0.25) is 4.79 Å². The van der Waals surface area contributed by atoms with Crippen LogP contribution < -0.4 is 15.5 Å². The Balaban J connectivity index is 2.12. The highest BCUT2D eigenvalue weighted by Crippen LogP contribution is 2.31. The number of nitrogens with zero attached hydrogens (tertiary/aromatic N) is 3. The molecule has 3 heterocycles. The van der Waals surface area contributed by atoms with E-state index < -0.39 is 0 Å². The van der Waals surface area contributed by atoms with Gasteiger partial charge in [-0.05, 0) is 13.0 Å². The number of hydrogen-bond acceptors (Lipinski definition) is 6. The van der Waals surface area contributed by atoms with Gasteiger partial charge >= 0.3 is 0 Å². The second-order valence-electron chi connectivity index (χ2n) is 4.47. The lowest BCUT2D eigenvalue weighted by molar-refractivity contribution is -0.120. The molecule has 0 saturated carbocycles. The summed E-state index contributed by atoms with van der Waals surface area (Å²) in [6, 6.07) is 2.08. The van der Waals surface area contributed by atoms with Crippen LogP contribution in [0.25, 0.3) is 10.2 Å². The molecule has 0 bridgehead atoms. The van der Waals surface area contributed by atoms with E-state index in [1.54, 1.807) is 18.4 Å². The Hall–Kier alpha value is -1.89. The molecule has 6 nitrogen and oxygen atoms in total. The highest BCUT2D eigenvalue weighted by molar-refractivity contribution is 7.18. The number of aromatic nitrogens is 2. The predicted octanol–water partition coefficient (Wildman–Crippen LogP) is 0.978. The van der Waals surface area contributed by atoms with Crippen molar-refractivity contribution in [1.29, 1.82) is 0 Å². The van der Waals surface area contributed by atoms with Gasteiger partial charge in [0.1, 0.15) is 10.6 Å². The minimum absolute atomic E-state index is 0.0379. The lowest BCUT2D eigenvalue weighted by atomic mass is 10.3. The fourth-order valence-corrected chi connectivity index (χ4v) is 3.07. The van der Waals surface area contributed by atoms with Crippen LogP contribution in [0.3, 0.4) is 0 Å². The maximum Gasteiger partial charge on any atom is 0.239 e. The number of thiophene rings is 1. The fourth-order valence-electron chi connectivity index (χ4n) is 2.20. The van der Waals surface area contributed by atoms with E-state index in [0.29, 0.717) is 19.0 Å². The van der Waals surface area contributed by atoms with Gasteiger partial charge in [0.25, 0.3) is 0 Å². The maximum absolute atomic E-state index is 11.5. The molecule has 1 aliphatic heterocycles. The second kappa shape index (κ2) is 4.65. The Kier molecular flexibility index (Phi) is 2.98. The average Bonchev–Trinajstić information content (AvgIpc) is 2.77. The lowest BCUT2D eigenvalue weighted by Gasteiger charge is -2.28. The zero-order valence-corrected chi connectivity index (χ0v) is 11.7. The summed E-state index contributed by atoms with van der Waals surface area (Å²) in [5.41, 5.74) is 0. The van der Waals surface area contributed by atoms with Crippen molar-refractivity contribution in [2.24, 2.45) is 0 Å². The molecule has 1 aliphatic rings. The number of carbonyl (C=O) groups excluding carboxylic acids is 1. The molecule has 7 heteroatoms. The van der Waals surface area contributed by atoms with Crippen molar-refractivity contribution in [3.8, 4) is 0 Å². The van der Waals surface area contributed by atoms with Crippen LogP contribution in [0.1, 0.15) is 4.88 Å². The lowest BCUT2D eigenvalue weighted by Crippen LogP contribution is -2.48. The summed E-state index contributed by atoms with van der Waals surface area (Å²) in [6.07, 6.45) is 0. The van der Waals surface area contributed by atoms with Crippen molar-refractivity contribution < 1.29 is 4.79 Å². The van der Waals surface area contributed by atoms with Crippen LogP contribution in [0.4, 0.5) is 11.8 Å². The van der Waals surface area contributed by atoms with Crippen molar-refractivity contribution in [1.82, 2.24) is 15.3 Å². The largest absolute Gasteiger partial charge is 0.357 e. The number of rotatable bonds is 2. The quantitative estimate of drug-likeness (QED) is 0.856. The van der Waals surface area contributed by atoms with Gasteiger partial charge < -0.3 is 15.5 Å². The Morgan fingerprint density at radius 1 is 1.47 bits per heavy atom. The molecule has 0 aliphatic carbocycles. The number of anilines is 2. The summed E-state index contributed by atoms with van der Waals surface area (Å²) in [6.45, 7) is 3.83. The molecule has 3 rings (SSSR count). The van der Waals surface area contributed by atoms with Gasteiger partial charge in [-0.15, -0.1) is 11.3 Å². The number of hydrogen-bond donors (Lipinski definition) is 2. The predicted molar refractivity (Wildman–Crippen MR) is 76.9 cm³/mol. The van der Waals surface area contributed by atoms with Crippen LogP contribution in [-0.4, -0.2) is 42.6 Å². The Morgan fingerprint density at radius 2 is 2.32 bits per heavy atom. The topological polar surface area (TPSA) is 70.2 Å². The Morgan fingerprint density at radius 3 is 3.05 bits per heavy atom. The van der Waals surface area contributed by atoms with E-state index in [4.69, 9.17) is 0 Å². The van der Waals surface area contributed by atoms with Crippen molar-refractivity contribution in [3.63, 3.8) is 0 Å². The summed E-state index contributed by atoms with van der Waals surface area (Å²) in [4.78, 5) is 24.7. The minimum Gasteiger partial charge on any atom is -0.357 e. The molecule has 100 valence electrons. The normalized spacial score (nSPS) is 15.7. The molecular formula is C12H15N5OS. The standard InChI is InChI=1S/C12H15N5OS/c1-7-5-8-10(17-4-3-14-9(18)6-17)15-12(13-2)16-11(8)19-7/h5H,3-4,6H2,1-2H3,(H,14,18)(H,13,15,16). The number of fused-ring (bicyclic) bond motifs is 1. The fraction of sp³-hybridized carbons (Fsp3) is 0.417. The van der Waals surface area contributed by atoms with Gasteiger partial charge in [-0.2, -0.15) is 4.98 Å². The highest BCUT2D eigenvalue weighted by atomic mass is 32.1. The zero-order valence-electron chi connectivity index (χ0n) is 10.9. The molecule has 2 aromatic rings. The number of aryl methyl sites for hydroxylation is 1. The minimum atomic E-state index is 0.0379. The zero-order chi connectivity index (χ0) is 13.4. The smallest absolute Gasteiger partial charge is 0.239 e. The molecule has 0 unspecified atom stereocenters. The second-order valence-corrected chi connectivity index (χ2v) is 5.70. The van der Waals surface area contributed by atoms with Crippen molar-refractivity contribution in [3.05, 3.63) is 10.9 Å². The van der Waals surface area contributed by atoms with E-state index in [1.807, 2.05) is 4.90 Å². The molecule has 1 fully saturated rings. The van der Waals surface area contributed by atoms with Crippen LogP contribution in [-0.2, 0) is 4.79 Å². The van der Waals surface area contributed by atoms with Crippen LogP contribution in [0, 0.1) is 6.92 Å². The van der Waals surface area contributed by atoms with Crippen LogP contribution in [0.2, 0.25) is 0 Å². The monoisotopic (exact) mass is 277 g/mol. The van der Waals surface area contributed by atoms with E-state index >= 15 is 0 Å². The molecule has 2 N–H and O–H groups in total. The Bertz CT molecular complexity index is 638. The van der Waals surface area contributed by atoms with Gasteiger partial charge in [0.05, 0.1) is 11.9 Å². The first-order valence-electron chi connectivity index (χ1n) is 6.15. The first kappa shape index (κ1) is 12.2. The van der Waals surface area contributed by atoms with Crippen molar-refractivity contribution in [2.75, 3.05) is 36.9 Å². The number of amides is 1. The number of carbonyl (C=O) groups is 1. The van der Waals surface area contributed by atoms with E-state index in [2.05, 4.69) is 33.6 Å². The molecule has 1 saturated heterocycles. The summed E-state index contributed by atoms with van der Waals surface area (Å²) in [5, 5.41) is 6.83. The number of nitrogens with one attached hydrogen (secondary N) is 2. The van der Waals surface area contributed by atoms with E-state index in [9.17, 15) is 4.79 Å². The third kappa shape index (κ3) is 2.21. The average molecular weight is 277 g/mol. The van der Waals surface area contributed by atoms with Crippen molar-refractivity contribution >= 4 is 39.2 Å². The molecule has 1 amide bonds. The van der Waals surface area contributed by atoms with Gasteiger partial charge in [0.2, 0.25) is 11.9 Å². The van der Waals surface area contributed by atoms with Crippen molar-refractivity contribution in [2.45, 2.75) is 6.92 Å². The summed E-state index contributed by atoms with van der Waals surface area (Å²) in [7, 11) is 1.80. The summed E-state index contributed by atoms with van der Waals surface area (Å²) < 4.78 is 0. The molecule has 0 atom stereocenters. The van der Waals surface area contributed by atoms with Crippen LogP contribution in [0.15, 0.2) is 6.07 Å². The van der Waals surface area contributed by atoms with Gasteiger partial charge in [-0.25, -0.2) is 4.98 Å². The van der Waals surface area contributed by atoms with E-state index in [-0.39, 0.29) is 5.91 Å². The summed E-state index contributed by atoms with van der Waals surface area (Å²) in [5.74, 6) is 1.47. The van der Waals surface area contributed by atoms with E-state index in [0.717, 1.165) is 22.6 Å². The molecular weight excluding hydrogens is 262 g/mol. The number of piperazine rings is 1. The first-order chi connectivity index (χ1) is 9.17. The third-order valence-corrected chi connectivity index (χ3v) is 4.00. The molecule has 0 radical (unpaired) electrons. The van der Waals surface area contributed by atoms with Gasteiger partial charge in [0.15, 0.2) is 0 Å². The van der Waals surface area contributed by atoms with Crippen LogP contribution in [0.5, 0.6) is 0 Å².